The third kappa shape index (κ3) is 4.06. The fourth-order valence-corrected chi connectivity index (χ4v) is 3.26. The summed E-state index contributed by atoms with van der Waals surface area (Å²) in [5.74, 6) is -0.186. The molecule has 132 valence electrons. The van der Waals surface area contributed by atoms with E-state index in [2.05, 4.69) is 22.0 Å². The van der Waals surface area contributed by atoms with Crippen molar-refractivity contribution in [1.29, 1.82) is 0 Å². The fraction of sp³-hybridized carbons (Fsp3) is 0.316. The molecule has 0 atom stereocenters. The highest BCUT2D eigenvalue weighted by molar-refractivity contribution is 6.34. The molecule has 0 radical (unpaired) electrons. The van der Waals surface area contributed by atoms with Crippen LogP contribution in [-0.2, 0) is 0 Å². The molecule has 2 aromatic carbocycles. The lowest BCUT2D eigenvalue weighted by Gasteiger charge is -2.36. The molecule has 3 rings (SSSR count). The topological polar surface area (TPSA) is 61.6 Å². The lowest BCUT2D eigenvalue weighted by Crippen LogP contribution is -2.46. The van der Waals surface area contributed by atoms with Crippen molar-refractivity contribution >= 4 is 34.6 Å². The number of hydrogen-bond donors (Lipinski definition) is 2. The van der Waals surface area contributed by atoms with Gasteiger partial charge in [-0.15, -0.1) is 0 Å². The van der Waals surface area contributed by atoms with Gasteiger partial charge in [-0.1, -0.05) is 36.7 Å². The molecule has 0 aliphatic carbocycles. The number of nitrogens with zero attached hydrogens (tertiary/aromatic N) is 2. The van der Waals surface area contributed by atoms with Crippen molar-refractivity contribution in [2.75, 3.05) is 48.7 Å². The van der Waals surface area contributed by atoms with Crippen molar-refractivity contribution in [2.45, 2.75) is 6.92 Å². The summed E-state index contributed by atoms with van der Waals surface area (Å²) in [6.45, 7) is 7.05. The van der Waals surface area contributed by atoms with E-state index in [9.17, 15) is 4.79 Å². The number of nitrogen functional groups attached to an aromatic ring is 1. The highest BCUT2D eigenvalue weighted by Crippen LogP contribution is 2.34. The standard InChI is InChI=1S/C19H23ClN4O/c1-2-23-8-10-24(11-9-23)18-13-17(15(20)12-16(18)21)22-19(25)14-6-4-3-5-7-14/h3-7,12-13H,2,8-11,21H2,1H3,(H,22,25). The number of carbonyl (C=O) groups is 1. The molecule has 0 bridgehead atoms. The Hall–Kier alpha value is -2.24. The number of likely N-dealkylation sites (N-methyl/N-ethyl adjacent to an activating group) is 1. The molecule has 0 aromatic heterocycles. The van der Waals surface area contributed by atoms with Gasteiger partial charge in [0.15, 0.2) is 0 Å². The Balaban J connectivity index is 1.80. The van der Waals surface area contributed by atoms with Crippen LogP contribution in [-0.4, -0.2) is 43.5 Å². The van der Waals surface area contributed by atoms with Gasteiger partial charge >= 0.3 is 0 Å². The number of anilines is 3. The van der Waals surface area contributed by atoms with Crippen LogP contribution in [0.15, 0.2) is 42.5 Å². The smallest absolute Gasteiger partial charge is 0.255 e. The minimum atomic E-state index is -0.186. The highest BCUT2D eigenvalue weighted by Gasteiger charge is 2.19. The molecule has 25 heavy (non-hydrogen) atoms. The number of hydrogen-bond acceptors (Lipinski definition) is 4. The van der Waals surface area contributed by atoms with Crippen molar-refractivity contribution < 1.29 is 4.79 Å². The van der Waals surface area contributed by atoms with Crippen LogP contribution >= 0.6 is 11.6 Å². The molecule has 2 aromatic rings. The Morgan fingerprint density at radius 3 is 2.48 bits per heavy atom. The molecule has 0 spiro atoms. The van der Waals surface area contributed by atoms with E-state index in [-0.39, 0.29) is 5.91 Å². The summed E-state index contributed by atoms with van der Waals surface area (Å²) in [6, 6.07) is 12.7. The minimum absolute atomic E-state index is 0.186. The van der Waals surface area contributed by atoms with Crippen LogP contribution in [0.5, 0.6) is 0 Å². The van der Waals surface area contributed by atoms with E-state index < -0.39 is 0 Å². The Kier molecular flexibility index (Phi) is 5.46. The van der Waals surface area contributed by atoms with Gasteiger partial charge in [0.25, 0.3) is 5.91 Å². The van der Waals surface area contributed by atoms with Gasteiger partial charge in [-0.3, -0.25) is 4.79 Å². The molecule has 0 unspecified atom stereocenters. The fourth-order valence-electron chi connectivity index (χ4n) is 3.04. The maximum atomic E-state index is 12.4. The van der Waals surface area contributed by atoms with Crippen molar-refractivity contribution in [2.24, 2.45) is 0 Å². The predicted octanol–water partition coefficient (Wildman–Crippen LogP) is 3.32. The number of nitrogens with one attached hydrogen (secondary N) is 1. The molecule has 1 heterocycles. The largest absolute Gasteiger partial charge is 0.397 e. The van der Waals surface area contributed by atoms with Crippen LogP contribution < -0.4 is 16.0 Å². The first-order valence-corrected chi connectivity index (χ1v) is 8.89. The SMILES string of the molecule is CCN1CCN(c2cc(NC(=O)c3ccccc3)c(Cl)cc2N)CC1. The number of nitrogens with two attached hydrogens (primary N) is 1. The second kappa shape index (κ2) is 7.76. The molecule has 1 aliphatic rings. The second-order valence-electron chi connectivity index (χ2n) is 6.13. The summed E-state index contributed by atoms with van der Waals surface area (Å²) < 4.78 is 0. The lowest BCUT2D eigenvalue weighted by molar-refractivity contribution is 0.102. The Morgan fingerprint density at radius 1 is 1.16 bits per heavy atom. The lowest BCUT2D eigenvalue weighted by atomic mass is 10.1. The van der Waals surface area contributed by atoms with E-state index in [1.54, 1.807) is 18.2 Å². The molecule has 1 fully saturated rings. The number of halogens is 1. The zero-order chi connectivity index (χ0) is 17.8. The maximum absolute atomic E-state index is 12.4. The zero-order valence-electron chi connectivity index (χ0n) is 14.3. The second-order valence-corrected chi connectivity index (χ2v) is 6.54. The summed E-state index contributed by atoms with van der Waals surface area (Å²) in [6.07, 6.45) is 0. The molecular formula is C19H23ClN4O. The van der Waals surface area contributed by atoms with E-state index >= 15 is 0 Å². The molecule has 1 amide bonds. The average Bonchev–Trinajstić information content (AvgIpc) is 2.64. The van der Waals surface area contributed by atoms with Crippen LogP contribution in [0.2, 0.25) is 5.02 Å². The Morgan fingerprint density at radius 2 is 1.84 bits per heavy atom. The van der Waals surface area contributed by atoms with Crippen LogP contribution in [0, 0.1) is 0 Å². The van der Waals surface area contributed by atoms with Crippen molar-refractivity contribution in [3.05, 3.63) is 53.1 Å². The van der Waals surface area contributed by atoms with E-state index in [1.807, 2.05) is 24.3 Å². The summed E-state index contributed by atoms with van der Waals surface area (Å²) >= 11 is 6.30. The quantitative estimate of drug-likeness (QED) is 0.823. The van der Waals surface area contributed by atoms with E-state index in [1.165, 1.54) is 0 Å². The van der Waals surface area contributed by atoms with Crippen molar-refractivity contribution in [1.82, 2.24) is 4.90 Å². The first-order valence-electron chi connectivity index (χ1n) is 8.51. The van der Waals surface area contributed by atoms with E-state index in [4.69, 9.17) is 17.3 Å². The number of carbonyl (C=O) groups excluding carboxylic acids is 1. The summed E-state index contributed by atoms with van der Waals surface area (Å²) in [5.41, 5.74) is 8.90. The van der Waals surface area contributed by atoms with E-state index in [0.717, 1.165) is 38.4 Å². The number of amides is 1. The maximum Gasteiger partial charge on any atom is 0.255 e. The Bertz CT molecular complexity index is 743. The van der Waals surface area contributed by atoms with Gasteiger partial charge < -0.3 is 20.9 Å². The first-order chi connectivity index (χ1) is 12.1. The minimum Gasteiger partial charge on any atom is -0.397 e. The number of rotatable bonds is 4. The molecule has 3 N–H and O–H groups in total. The van der Waals surface area contributed by atoms with Crippen LogP contribution in [0.4, 0.5) is 17.1 Å². The van der Waals surface area contributed by atoms with Gasteiger partial charge in [0.2, 0.25) is 0 Å². The van der Waals surface area contributed by atoms with Crippen molar-refractivity contribution in [3.8, 4) is 0 Å². The van der Waals surface area contributed by atoms with Gasteiger partial charge in [0, 0.05) is 31.7 Å². The monoisotopic (exact) mass is 358 g/mol. The number of piperazine rings is 1. The molecule has 0 saturated carbocycles. The van der Waals surface area contributed by atoms with Crippen LogP contribution in [0.3, 0.4) is 0 Å². The zero-order valence-corrected chi connectivity index (χ0v) is 15.1. The van der Waals surface area contributed by atoms with Crippen LogP contribution in [0.25, 0.3) is 0 Å². The van der Waals surface area contributed by atoms with Gasteiger partial charge in [-0.25, -0.2) is 0 Å². The molecule has 1 saturated heterocycles. The molecule has 1 aliphatic heterocycles. The van der Waals surface area contributed by atoms with Gasteiger partial charge in [-0.2, -0.15) is 0 Å². The number of benzene rings is 2. The van der Waals surface area contributed by atoms with E-state index in [0.29, 0.717) is 22.0 Å². The van der Waals surface area contributed by atoms with Gasteiger partial charge in [-0.05, 0) is 30.8 Å². The summed E-state index contributed by atoms with van der Waals surface area (Å²) in [5, 5.41) is 3.33. The highest BCUT2D eigenvalue weighted by atomic mass is 35.5. The summed E-state index contributed by atoms with van der Waals surface area (Å²) in [4.78, 5) is 17.0. The Labute approximate surface area is 153 Å². The molecule has 6 heteroatoms. The summed E-state index contributed by atoms with van der Waals surface area (Å²) in [7, 11) is 0. The predicted molar refractivity (Wildman–Crippen MR) is 105 cm³/mol. The van der Waals surface area contributed by atoms with Crippen molar-refractivity contribution in [3.63, 3.8) is 0 Å². The first kappa shape index (κ1) is 17.6. The molecular weight excluding hydrogens is 336 g/mol. The normalized spacial score (nSPS) is 15.2. The third-order valence-corrected chi connectivity index (χ3v) is 4.87. The van der Waals surface area contributed by atoms with Crippen LogP contribution in [0.1, 0.15) is 17.3 Å². The molecule has 5 nitrogen and oxygen atoms in total. The van der Waals surface area contributed by atoms with Gasteiger partial charge in [0.1, 0.15) is 0 Å². The third-order valence-electron chi connectivity index (χ3n) is 4.56. The van der Waals surface area contributed by atoms with Gasteiger partial charge in [0.05, 0.1) is 22.1 Å². The average molecular weight is 359 g/mol.